The Morgan fingerprint density at radius 3 is 2.78 bits per heavy atom. The van der Waals surface area contributed by atoms with E-state index in [1.54, 1.807) is 0 Å². The molecule has 0 bridgehead atoms. The van der Waals surface area contributed by atoms with Crippen LogP contribution in [0, 0.1) is 0 Å². The van der Waals surface area contributed by atoms with Crippen molar-refractivity contribution in [3.05, 3.63) is 0 Å². The Bertz CT molecular complexity index is 253. The van der Waals surface area contributed by atoms with Crippen LogP contribution in [0.1, 0.15) is 51.4 Å². The van der Waals surface area contributed by atoms with Crippen molar-refractivity contribution in [2.24, 2.45) is 0 Å². The van der Waals surface area contributed by atoms with Crippen LogP contribution in [-0.2, 0) is 4.74 Å². The normalized spacial score (nSPS) is 34.0. The van der Waals surface area contributed by atoms with E-state index >= 15 is 0 Å². The van der Waals surface area contributed by atoms with Gasteiger partial charge in [0.25, 0.3) is 0 Å². The van der Waals surface area contributed by atoms with Gasteiger partial charge in [-0.2, -0.15) is 0 Å². The molecule has 3 heteroatoms. The number of fused-ring (bicyclic) bond motifs is 1. The van der Waals surface area contributed by atoms with Gasteiger partial charge in [-0.05, 0) is 51.6 Å². The highest BCUT2D eigenvalue weighted by Gasteiger charge is 2.31. The molecule has 18 heavy (non-hydrogen) atoms. The van der Waals surface area contributed by atoms with Crippen LogP contribution in [0.15, 0.2) is 0 Å². The average molecular weight is 252 g/mol. The van der Waals surface area contributed by atoms with Gasteiger partial charge < -0.3 is 15.0 Å². The zero-order valence-electron chi connectivity index (χ0n) is 11.6. The molecular weight excluding hydrogens is 224 g/mol. The molecule has 2 unspecified atom stereocenters. The van der Waals surface area contributed by atoms with Gasteiger partial charge in [0, 0.05) is 18.6 Å². The Labute approximate surface area is 111 Å². The zero-order chi connectivity index (χ0) is 12.2. The summed E-state index contributed by atoms with van der Waals surface area (Å²) in [5, 5.41) is 3.71. The van der Waals surface area contributed by atoms with E-state index in [0.717, 1.165) is 25.2 Å². The van der Waals surface area contributed by atoms with Crippen molar-refractivity contribution in [3.63, 3.8) is 0 Å². The van der Waals surface area contributed by atoms with E-state index in [9.17, 15) is 0 Å². The third-order valence-electron chi connectivity index (χ3n) is 5.01. The molecule has 0 radical (unpaired) electrons. The molecule has 3 aliphatic rings. The molecule has 2 atom stereocenters. The molecule has 1 saturated carbocycles. The van der Waals surface area contributed by atoms with Crippen molar-refractivity contribution in [1.29, 1.82) is 0 Å². The average Bonchev–Trinajstić information content (AvgIpc) is 3.05. The van der Waals surface area contributed by atoms with E-state index in [2.05, 4.69) is 10.2 Å². The van der Waals surface area contributed by atoms with Crippen LogP contribution < -0.4 is 5.32 Å². The van der Waals surface area contributed by atoms with Gasteiger partial charge in [0.2, 0.25) is 0 Å². The second-order valence-electron chi connectivity index (χ2n) is 6.28. The topological polar surface area (TPSA) is 24.5 Å². The molecule has 0 aromatic heterocycles. The predicted octanol–water partition coefficient (Wildman–Crippen LogP) is 2.16. The van der Waals surface area contributed by atoms with Gasteiger partial charge in [-0.3, -0.25) is 0 Å². The molecule has 1 aliphatic carbocycles. The number of nitrogens with zero attached hydrogens (tertiary/aromatic N) is 1. The molecule has 3 rings (SSSR count). The fourth-order valence-electron chi connectivity index (χ4n) is 3.95. The zero-order valence-corrected chi connectivity index (χ0v) is 11.6. The molecule has 2 aliphatic heterocycles. The third kappa shape index (κ3) is 3.25. The van der Waals surface area contributed by atoms with Gasteiger partial charge in [-0.15, -0.1) is 0 Å². The summed E-state index contributed by atoms with van der Waals surface area (Å²) in [4.78, 5) is 2.69. The molecular formula is C15H28N2O. The number of nitrogens with one attached hydrogen (secondary N) is 1. The smallest absolute Gasteiger partial charge is 0.0594 e. The first-order valence-electron chi connectivity index (χ1n) is 8.01. The molecule has 3 fully saturated rings. The molecule has 104 valence electrons. The van der Waals surface area contributed by atoms with Gasteiger partial charge in [0.15, 0.2) is 0 Å². The van der Waals surface area contributed by atoms with Gasteiger partial charge in [0.1, 0.15) is 0 Å². The fraction of sp³-hybridized carbons (Fsp3) is 1.00. The van der Waals surface area contributed by atoms with Gasteiger partial charge in [-0.25, -0.2) is 0 Å². The van der Waals surface area contributed by atoms with Crippen LogP contribution in [0.5, 0.6) is 0 Å². The Kier molecular flexibility index (Phi) is 4.55. The third-order valence-corrected chi connectivity index (χ3v) is 5.01. The number of hydrogen-bond acceptors (Lipinski definition) is 3. The van der Waals surface area contributed by atoms with Crippen molar-refractivity contribution in [2.45, 2.75) is 69.6 Å². The molecule has 0 spiro atoms. The summed E-state index contributed by atoms with van der Waals surface area (Å²) in [6.07, 6.45) is 11.4. The van der Waals surface area contributed by atoms with Crippen molar-refractivity contribution < 1.29 is 4.74 Å². The Balaban J connectivity index is 1.29. The second-order valence-corrected chi connectivity index (χ2v) is 6.28. The molecule has 1 N–H and O–H groups in total. The van der Waals surface area contributed by atoms with Crippen LogP contribution in [0.3, 0.4) is 0 Å². The lowest BCUT2D eigenvalue weighted by atomic mass is 9.98. The van der Waals surface area contributed by atoms with Crippen LogP contribution in [0.25, 0.3) is 0 Å². The minimum atomic E-state index is 0.573. The Morgan fingerprint density at radius 2 is 1.89 bits per heavy atom. The lowest BCUT2D eigenvalue weighted by Crippen LogP contribution is -2.46. The maximum atomic E-state index is 5.91. The first-order chi connectivity index (χ1) is 8.92. The SMILES string of the molecule is C1CCC(OCCNC2CCN3CCCC3C2)C1. The highest BCUT2D eigenvalue weighted by molar-refractivity contribution is 4.89. The summed E-state index contributed by atoms with van der Waals surface area (Å²) >= 11 is 0. The monoisotopic (exact) mass is 252 g/mol. The van der Waals surface area contributed by atoms with Crippen LogP contribution >= 0.6 is 0 Å². The van der Waals surface area contributed by atoms with E-state index < -0.39 is 0 Å². The highest BCUT2D eigenvalue weighted by Crippen LogP contribution is 2.26. The van der Waals surface area contributed by atoms with Crippen LogP contribution in [-0.4, -0.2) is 49.3 Å². The predicted molar refractivity (Wildman–Crippen MR) is 73.8 cm³/mol. The second kappa shape index (κ2) is 6.36. The quantitative estimate of drug-likeness (QED) is 0.759. The van der Waals surface area contributed by atoms with Gasteiger partial charge >= 0.3 is 0 Å². The Morgan fingerprint density at radius 1 is 1.00 bits per heavy atom. The molecule has 0 amide bonds. The standard InChI is InChI=1S/C15H28N2O/c1-2-6-15(5-1)18-11-8-16-13-7-10-17-9-3-4-14(17)12-13/h13-16H,1-12H2. The van der Waals surface area contributed by atoms with E-state index in [1.165, 1.54) is 64.5 Å². The molecule has 0 aromatic carbocycles. The maximum absolute atomic E-state index is 5.91. The number of rotatable bonds is 5. The first kappa shape index (κ1) is 12.9. The van der Waals surface area contributed by atoms with Crippen LogP contribution in [0.2, 0.25) is 0 Å². The van der Waals surface area contributed by atoms with E-state index in [1.807, 2.05) is 0 Å². The molecule has 2 saturated heterocycles. The lowest BCUT2D eigenvalue weighted by molar-refractivity contribution is 0.0567. The lowest BCUT2D eigenvalue weighted by Gasteiger charge is -2.35. The fourth-order valence-corrected chi connectivity index (χ4v) is 3.95. The van der Waals surface area contributed by atoms with E-state index in [0.29, 0.717) is 6.10 Å². The molecule has 3 nitrogen and oxygen atoms in total. The van der Waals surface area contributed by atoms with Crippen molar-refractivity contribution in [3.8, 4) is 0 Å². The number of hydrogen-bond donors (Lipinski definition) is 1. The van der Waals surface area contributed by atoms with Crippen molar-refractivity contribution >= 4 is 0 Å². The van der Waals surface area contributed by atoms with Crippen LogP contribution in [0.4, 0.5) is 0 Å². The number of piperidine rings is 1. The largest absolute Gasteiger partial charge is 0.377 e. The van der Waals surface area contributed by atoms with E-state index in [-0.39, 0.29) is 0 Å². The summed E-state index contributed by atoms with van der Waals surface area (Å²) in [5.41, 5.74) is 0. The van der Waals surface area contributed by atoms with E-state index in [4.69, 9.17) is 4.74 Å². The maximum Gasteiger partial charge on any atom is 0.0594 e. The summed E-state index contributed by atoms with van der Waals surface area (Å²) in [5.74, 6) is 0. The van der Waals surface area contributed by atoms with Gasteiger partial charge in [-0.1, -0.05) is 12.8 Å². The highest BCUT2D eigenvalue weighted by atomic mass is 16.5. The van der Waals surface area contributed by atoms with Gasteiger partial charge in [0.05, 0.1) is 12.7 Å². The molecule has 2 heterocycles. The summed E-state index contributed by atoms with van der Waals surface area (Å²) in [6.45, 7) is 4.62. The summed E-state index contributed by atoms with van der Waals surface area (Å²) in [7, 11) is 0. The van der Waals surface area contributed by atoms with Crippen molar-refractivity contribution in [2.75, 3.05) is 26.2 Å². The van der Waals surface area contributed by atoms with Crippen molar-refractivity contribution in [1.82, 2.24) is 10.2 Å². The summed E-state index contributed by atoms with van der Waals surface area (Å²) < 4.78 is 5.91. The molecule has 0 aromatic rings. The Hall–Kier alpha value is -0.120. The minimum absolute atomic E-state index is 0.573. The summed E-state index contributed by atoms with van der Waals surface area (Å²) in [6, 6.07) is 1.63. The minimum Gasteiger partial charge on any atom is -0.377 e. The number of ether oxygens (including phenoxy) is 1. The first-order valence-corrected chi connectivity index (χ1v) is 8.01.